The first-order valence-corrected chi connectivity index (χ1v) is 5.56. The molecule has 0 aliphatic carbocycles. The average molecular weight is 195 g/mol. The van der Waals surface area contributed by atoms with E-state index in [4.69, 9.17) is 0 Å². The van der Waals surface area contributed by atoms with E-state index in [1.54, 1.807) is 0 Å². The third kappa shape index (κ3) is 1.98. The maximum absolute atomic E-state index is 4.58. The second-order valence-corrected chi connectivity index (χ2v) is 5.34. The van der Waals surface area contributed by atoms with Gasteiger partial charge in [0.1, 0.15) is 0 Å². The van der Waals surface area contributed by atoms with Gasteiger partial charge in [0.2, 0.25) is 0 Å². The monoisotopic (exact) mass is 195 g/mol. The van der Waals surface area contributed by atoms with Crippen molar-refractivity contribution in [2.45, 2.75) is 32.7 Å². The van der Waals surface area contributed by atoms with Crippen molar-refractivity contribution in [2.75, 3.05) is 26.3 Å². The van der Waals surface area contributed by atoms with Crippen LogP contribution in [0.3, 0.4) is 0 Å². The van der Waals surface area contributed by atoms with Crippen LogP contribution in [0.4, 0.5) is 0 Å². The zero-order chi connectivity index (χ0) is 10.2. The summed E-state index contributed by atoms with van der Waals surface area (Å²) in [4.78, 5) is 7.11. The first-order valence-electron chi connectivity index (χ1n) is 5.56. The Hall–Kier alpha value is -0.410. The minimum Gasteiger partial charge on any atom is -0.298 e. The predicted octanol–water partition coefficient (Wildman–Crippen LogP) is 1.11. The van der Waals surface area contributed by atoms with E-state index in [1.165, 1.54) is 18.7 Å². The number of nitrogens with zero attached hydrogens (tertiary/aromatic N) is 2. The average Bonchev–Trinajstić information content (AvgIpc) is 2.16. The molecule has 14 heavy (non-hydrogen) atoms. The number of nitrogens with one attached hydrogen (secondary N) is 1. The molecule has 1 atom stereocenters. The lowest BCUT2D eigenvalue weighted by Gasteiger charge is -2.42. The van der Waals surface area contributed by atoms with E-state index in [9.17, 15) is 0 Å². The highest BCUT2D eigenvalue weighted by molar-refractivity contribution is 5.90. The first-order chi connectivity index (χ1) is 6.57. The van der Waals surface area contributed by atoms with E-state index in [-0.39, 0.29) is 0 Å². The third-order valence-corrected chi connectivity index (χ3v) is 3.30. The standard InChI is InChI=1S/C11H21N3/c1-11(2,3)14-5-4-9-6-12-8-13-10(9)7-14/h9,12H,4-8H2,1-3H3. The van der Waals surface area contributed by atoms with Crippen molar-refractivity contribution in [1.29, 1.82) is 0 Å². The zero-order valence-electron chi connectivity index (χ0n) is 9.51. The molecule has 0 spiro atoms. The van der Waals surface area contributed by atoms with Crippen LogP contribution in [-0.4, -0.2) is 42.5 Å². The summed E-state index contributed by atoms with van der Waals surface area (Å²) in [5.74, 6) is 0.711. The zero-order valence-corrected chi connectivity index (χ0v) is 9.51. The highest BCUT2D eigenvalue weighted by Gasteiger charge is 2.31. The van der Waals surface area contributed by atoms with Crippen molar-refractivity contribution in [3.05, 3.63) is 0 Å². The van der Waals surface area contributed by atoms with Crippen molar-refractivity contribution < 1.29 is 0 Å². The second kappa shape index (κ2) is 3.63. The molecule has 3 nitrogen and oxygen atoms in total. The number of aliphatic imine (C=N–C) groups is 1. The molecular weight excluding hydrogens is 174 g/mol. The number of hydrogen-bond acceptors (Lipinski definition) is 3. The van der Waals surface area contributed by atoms with Crippen molar-refractivity contribution in [2.24, 2.45) is 10.9 Å². The number of rotatable bonds is 0. The lowest BCUT2D eigenvalue weighted by molar-refractivity contribution is 0.136. The van der Waals surface area contributed by atoms with Gasteiger partial charge in [0, 0.05) is 30.3 Å². The quantitative estimate of drug-likeness (QED) is 0.627. The second-order valence-electron chi connectivity index (χ2n) is 5.34. The third-order valence-electron chi connectivity index (χ3n) is 3.30. The van der Waals surface area contributed by atoms with Crippen LogP contribution in [-0.2, 0) is 0 Å². The fraction of sp³-hybridized carbons (Fsp3) is 0.909. The van der Waals surface area contributed by atoms with Crippen molar-refractivity contribution in [3.8, 4) is 0 Å². The van der Waals surface area contributed by atoms with Crippen molar-refractivity contribution in [1.82, 2.24) is 10.2 Å². The summed E-state index contributed by atoms with van der Waals surface area (Å²) in [6, 6.07) is 0. The predicted molar refractivity (Wildman–Crippen MR) is 59.7 cm³/mol. The van der Waals surface area contributed by atoms with Crippen LogP contribution in [0.1, 0.15) is 27.2 Å². The molecular formula is C11H21N3. The molecule has 80 valence electrons. The van der Waals surface area contributed by atoms with Crippen LogP contribution in [0, 0.1) is 5.92 Å². The number of hydrogen-bond donors (Lipinski definition) is 1. The molecule has 1 unspecified atom stereocenters. The molecule has 0 saturated carbocycles. The Morgan fingerprint density at radius 3 is 2.93 bits per heavy atom. The van der Waals surface area contributed by atoms with Gasteiger partial charge in [-0.3, -0.25) is 15.2 Å². The Morgan fingerprint density at radius 2 is 2.21 bits per heavy atom. The lowest BCUT2D eigenvalue weighted by Crippen LogP contribution is -2.53. The van der Waals surface area contributed by atoms with E-state index in [2.05, 4.69) is 36.0 Å². The van der Waals surface area contributed by atoms with Gasteiger partial charge < -0.3 is 0 Å². The SMILES string of the molecule is CC(C)(C)N1CCC2CNCN=C2C1. The summed E-state index contributed by atoms with van der Waals surface area (Å²) in [6.45, 7) is 11.1. The van der Waals surface area contributed by atoms with Gasteiger partial charge in [-0.15, -0.1) is 0 Å². The summed E-state index contributed by atoms with van der Waals surface area (Å²) in [7, 11) is 0. The molecule has 1 saturated heterocycles. The van der Waals surface area contributed by atoms with Gasteiger partial charge in [0.05, 0.1) is 6.67 Å². The van der Waals surface area contributed by atoms with E-state index in [0.29, 0.717) is 11.5 Å². The smallest absolute Gasteiger partial charge is 0.0884 e. The van der Waals surface area contributed by atoms with Crippen LogP contribution in [0.5, 0.6) is 0 Å². The maximum Gasteiger partial charge on any atom is 0.0884 e. The first kappa shape index (κ1) is 10.1. The minimum atomic E-state index is 0.290. The van der Waals surface area contributed by atoms with Crippen LogP contribution < -0.4 is 5.32 Å². The molecule has 1 N–H and O–H groups in total. The van der Waals surface area contributed by atoms with E-state index in [0.717, 1.165) is 19.8 Å². The summed E-state index contributed by atoms with van der Waals surface area (Å²) < 4.78 is 0. The lowest BCUT2D eigenvalue weighted by atomic mass is 9.90. The van der Waals surface area contributed by atoms with E-state index < -0.39 is 0 Å². The van der Waals surface area contributed by atoms with Gasteiger partial charge in [0.15, 0.2) is 0 Å². The van der Waals surface area contributed by atoms with Gasteiger partial charge in [-0.05, 0) is 33.7 Å². The Bertz CT molecular complexity index is 239. The Kier molecular flexibility index (Phi) is 2.62. The van der Waals surface area contributed by atoms with Gasteiger partial charge >= 0.3 is 0 Å². The molecule has 0 radical (unpaired) electrons. The molecule has 0 bridgehead atoms. The molecule has 0 aromatic carbocycles. The molecule has 2 aliphatic rings. The maximum atomic E-state index is 4.58. The van der Waals surface area contributed by atoms with Gasteiger partial charge in [0.25, 0.3) is 0 Å². The van der Waals surface area contributed by atoms with Crippen LogP contribution in [0.25, 0.3) is 0 Å². The summed E-state index contributed by atoms with van der Waals surface area (Å²) in [5, 5.41) is 3.33. The molecule has 3 heteroatoms. The van der Waals surface area contributed by atoms with Gasteiger partial charge in [-0.1, -0.05) is 0 Å². The Labute approximate surface area is 86.6 Å². The van der Waals surface area contributed by atoms with Crippen LogP contribution >= 0.6 is 0 Å². The molecule has 0 amide bonds. The van der Waals surface area contributed by atoms with Gasteiger partial charge in [-0.25, -0.2) is 0 Å². The summed E-state index contributed by atoms with van der Waals surface area (Å²) in [6.07, 6.45) is 1.27. The number of fused-ring (bicyclic) bond motifs is 1. The summed E-state index contributed by atoms with van der Waals surface area (Å²) >= 11 is 0. The molecule has 0 aromatic heterocycles. The van der Waals surface area contributed by atoms with E-state index in [1.807, 2.05) is 0 Å². The highest BCUT2D eigenvalue weighted by Crippen LogP contribution is 2.23. The summed E-state index contributed by atoms with van der Waals surface area (Å²) in [5.41, 5.74) is 1.71. The molecule has 1 fully saturated rings. The van der Waals surface area contributed by atoms with Crippen molar-refractivity contribution >= 4 is 5.71 Å². The molecule has 2 heterocycles. The van der Waals surface area contributed by atoms with Gasteiger partial charge in [-0.2, -0.15) is 0 Å². The minimum absolute atomic E-state index is 0.290. The number of piperidine rings is 1. The topological polar surface area (TPSA) is 27.6 Å². The van der Waals surface area contributed by atoms with Crippen LogP contribution in [0.15, 0.2) is 4.99 Å². The number of likely N-dealkylation sites (tertiary alicyclic amines) is 1. The highest BCUT2D eigenvalue weighted by atomic mass is 15.2. The van der Waals surface area contributed by atoms with Crippen LogP contribution in [0.2, 0.25) is 0 Å². The normalized spacial score (nSPS) is 29.6. The Morgan fingerprint density at radius 1 is 1.43 bits per heavy atom. The van der Waals surface area contributed by atoms with Crippen molar-refractivity contribution in [3.63, 3.8) is 0 Å². The fourth-order valence-corrected chi connectivity index (χ4v) is 2.25. The molecule has 2 rings (SSSR count). The van der Waals surface area contributed by atoms with E-state index >= 15 is 0 Å². The Balaban J connectivity index is 2.06. The molecule has 2 aliphatic heterocycles. The fourth-order valence-electron chi connectivity index (χ4n) is 2.25. The largest absolute Gasteiger partial charge is 0.298 e. The molecule has 0 aromatic rings.